The Morgan fingerprint density at radius 2 is 1.95 bits per heavy atom. The van der Waals surface area contributed by atoms with Crippen LogP contribution in [0.15, 0.2) is 42.5 Å². The highest BCUT2D eigenvalue weighted by atomic mass is 35.5. The number of hydrogen-bond acceptors (Lipinski definition) is 2. The molecule has 1 amide bonds. The number of anilines is 1. The van der Waals surface area contributed by atoms with Gasteiger partial charge in [0.2, 0.25) is 0 Å². The molecule has 1 aliphatic rings. The van der Waals surface area contributed by atoms with Gasteiger partial charge >= 0.3 is 0 Å². The third kappa shape index (κ3) is 2.85. The van der Waals surface area contributed by atoms with Crippen LogP contribution in [0.25, 0.3) is 11.6 Å². The highest BCUT2D eigenvalue weighted by molar-refractivity contribution is 6.36. The van der Waals surface area contributed by atoms with Crippen LogP contribution in [0, 0.1) is 0 Å². The lowest BCUT2D eigenvalue weighted by molar-refractivity contribution is -0.110. The first-order chi connectivity index (χ1) is 10.5. The molecule has 1 heterocycles. The van der Waals surface area contributed by atoms with E-state index in [1.807, 2.05) is 50.3 Å². The fourth-order valence-corrected chi connectivity index (χ4v) is 2.59. The molecule has 0 spiro atoms. The molecule has 0 saturated carbocycles. The number of amides is 1. The van der Waals surface area contributed by atoms with Crippen molar-refractivity contribution in [3.05, 3.63) is 58.6 Å². The van der Waals surface area contributed by atoms with Crippen LogP contribution in [0.3, 0.4) is 0 Å². The maximum atomic E-state index is 12.2. The molecular weight excluding hydrogens is 298 g/mol. The average molecular weight is 314 g/mol. The Hall–Kier alpha value is -2.26. The highest BCUT2D eigenvalue weighted by Crippen LogP contribution is 2.36. The number of halogens is 1. The molecule has 1 aliphatic heterocycles. The molecule has 0 aromatic heterocycles. The highest BCUT2D eigenvalue weighted by Gasteiger charge is 2.24. The standard InChI is InChI=1S/C18H16ClNO2/c1-11(2)22-17-6-4-3-5-12(17)9-15-14-10-13(19)7-8-16(14)20-18(15)21/h3-11H,1-2H3,(H,20,21)/b15-9+. The SMILES string of the molecule is CC(C)Oc1ccccc1/C=C1/C(=O)Nc2ccc(Cl)cc21. The molecule has 2 aromatic rings. The second-order valence-electron chi connectivity index (χ2n) is 5.41. The van der Waals surface area contributed by atoms with E-state index in [2.05, 4.69) is 5.32 Å². The maximum Gasteiger partial charge on any atom is 0.256 e. The molecule has 1 N–H and O–H groups in total. The van der Waals surface area contributed by atoms with Gasteiger partial charge in [-0.05, 0) is 44.2 Å². The molecule has 0 saturated heterocycles. The van der Waals surface area contributed by atoms with Crippen LogP contribution in [-0.2, 0) is 4.79 Å². The van der Waals surface area contributed by atoms with Crippen molar-refractivity contribution in [1.29, 1.82) is 0 Å². The van der Waals surface area contributed by atoms with Crippen LogP contribution in [0.1, 0.15) is 25.0 Å². The number of ether oxygens (including phenoxy) is 1. The molecule has 3 rings (SSSR count). The molecule has 0 fully saturated rings. The minimum absolute atomic E-state index is 0.0682. The normalized spacial score (nSPS) is 15.1. The molecule has 0 unspecified atom stereocenters. The van der Waals surface area contributed by atoms with Gasteiger partial charge in [-0.25, -0.2) is 0 Å². The average Bonchev–Trinajstić information content (AvgIpc) is 2.76. The second kappa shape index (κ2) is 5.85. The van der Waals surface area contributed by atoms with Crippen molar-refractivity contribution >= 4 is 34.8 Å². The summed E-state index contributed by atoms with van der Waals surface area (Å²) in [6.45, 7) is 3.95. The summed E-state index contributed by atoms with van der Waals surface area (Å²) < 4.78 is 5.80. The molecule has 3 nitrogen and oxygen atoms in total. The van der Waals surface area contributed by atoms with Crippen LogP contribution < -0.4 is 10.1 Å². The predicted molar refractivity (Wildman–Crippen MR) is 90.2 cm³/mol. The molecule has 0 bridgehead atoms. The Balaban J connectivity index is 2.07. The number of carbonyl (C=O) groups is 1. The van der Waals surface area contributed by atoms with Gasteiger partial charge in [-0.1, -0.05) is 29.8 Å². The van der Waals surface area contributed by atoms with E-state index in [0.29, 0.717) is 10.6 Å². The Kier molecular flexibility index (Phi) is 3.90. The maximum absolute atomic E-state index is 12.2. The van der Waals surface area contributed by atoms with Crippen molar-refractivity contribution in [3.63, 3.8) is 0 Å². The molecule has 0 atom stereocenters. The summed E-state index contributed by atoms with van der Waals surface area (Å²) in [5, 5.41) is 3.45. The fourth-order valence-electron chi connectivity index (χ4n) is 2.42. The third-order valence-corrected chi connectivity index (χ3v) is 3.58. The minimum Gasteiger partial charge on any atom is -0.490 e. The van der Waals surface area contributed by atoms with Crippen molar-refractivity contribution < 1.29 is 9.53 Å². The van der Waals surface area contributed by atoms with Crippen molar-refractivity contribution in [3.8, 4) is 5.75 Å². The summed E-state index contributed by atoms with van der Waals surface area (Å²) in [6, 6.07) is 13.0. The van der Waals surface area contributed by atoms with E-state index in [1.54, 1.807) is 12.1 Å². The summed E-state index contributed by atoms with van der Waals surface area (Å²) in [4.78, 5) is 12.2. The quantitative estimate of drug-likeness (QED) is 0.840. The summed E-state index contributed by atoms with van der Waals surface area (Å²) in [5.41, 5.74) is 3.06. The van der Waals surface area contributed by atoms with Gasteiger partial charge in [0.25, 0.3) is 5.91 Å². The zero-order valence-electron chi connectivity index (χ0n) is 12.4. The van der Waals surface area contributed by atoms with Crippen molar-refractivity contribution in [2.45, 2.75) is 20.0 Å². The van der Waals surface area contributed by atoms with Gasteiger partial charge in [-0.15, -0.1) is 0 Å². The lowest BCUT2D eigenvalue weighted by Gasteiger charge is -2.12. The molecule has 4 heteroatoms. The first kappa shape index (κ1) is 14.7. The van der Waals surface area contributed by atoms with Gasteiger partial charge in [-0.2, -0.15) is 0 Å². The van der Waals surface area contributed by atoms with Gasteiger partial charge < -0.3 is 10.1 Å². The lowest BCUT2D eigenvalue weighted by atomic mass is 10.0. The Morgan fingerprint density at radius 3 is 2.73 bits per heavy atom. The van der Waals surface area contributed by atoms with E-state index >= 15 is 0 Å². The van der Waals surface area contributed by atoms with Crippen LogP contribution in [0.5, 0.6) is 5.75 Å². The van der Waals surface area contributed by atoms with E-state index < -0.39 is 0 Å². The number of rotatable bonds is 3. The molecule has 0 radical (unpaired) electrons. The summed E-state index contributed by atoms with van der Waals surface area (Å²) in [6.07, 6.45) is 1.91. The van der Waals surface area contributed by atoms with E-state index in [1.165, 1.54) is 0 Å². The zero-order valence-corrected chi connectivity index (χ0v) is 13.1. The second-order valence-corrected chi connectivity index (χ2v) is 5.84. The van der Waals surface area contributed by atoms with Gasteiger partial charge in [0, 0.05) is 27.4 Å². The minimum atomic E-state index is -0.128. The number of para-hydroxylation sites is 1. The van der Waals surface area contributed by atoms with Gasteiger partial charge in [-0.3, -0.25) is 4.79 Å². The largest absolute Gasteiger partial charge is 0.490 e. The number of fused-ring (bicyclic) bond motifs is 1. The van der Waals surface area contributed by atoms with E-state index in [9.17, 15) is 4.79 Å². The van der Waals surface area contributed by atoms with E-state index in [4.69, 9.17) is 16.3 Å². The zero-order chi connectivity index (χ0) is 15.7. The molecule has 2 aromatic carbocycles. The van der Waals surface area contributed by atoms with Crippen LogP contribution in [-0.4, -0.2) is 12.0 Å². The number of benzene rings is 2. The Morgan fingerprint density at radius 1 is 1.18 bits per heavy atom. The molecule has 112 valence electrons. The smallest absolute Gasteiger partial charge is 0.256 e. The van der Waals surface area contributed by atoms with Crippen molar-refractivity contribution in [2.75, 3.05) is 5.32 Å². The summed E-state index contributed by atoms with van der Waals surface area (Å²) in [7, 11) is 0. The van der Waals surface area contributed by atoms with Crippen LogP contribution in [0.2, 0.25) is 5.02 Å². The van der Waals surface area contributed by atoms with Crippen molar-refractivity contribution in [1.82, 2.24) is 0 Å². The first-order valence-electron chi connectivity index (χ1n) is 7.13. The summed E-state index contributed by atoms with van der Waals surface area (Å²) in [5.74, 6) is 0.630. The summed E-state index contributed by atoms with van der Waals surface area (Å²) >= 11 is 6.05. The van der Waals surface area contributed by atoms with Crippen LogP contribution in [0.4, 0.5) is 5.69 Å². The number of carbonyl (C=O) groups excluding carboxylic acids is 1. The first-order valence-corrected chi connectivity index (χ1v) is 7.51. The van der Waals surface area contributed by atoms with Gasteiger partial charge in [0.05, 0.1) is 6.10 Å². The molecule has 22 heavy (non-hydrogen) atoms. The molecule has 0 aliphatic carbocycles. The van der Waals surface area contributed by atoms with Crippen LogP contribution >= 0.6 is 11.6 Å². The Labute approximate surface area is 134 Å². The predicted octanol–water partition coefficient (Wildman–Crippen LogP) is 4.62. The lowest BCUT2D eigenvalue weighted by Crippen LogP contribution is -2.07. The van der Waals surface area contributed by atoms with Gasteiger partial charge in [0.15, 0.2) is 0 Å². The molecular formula is C18H16ClNO2. The third-order valence-electron chi connectivity index (χ3n) is 3.35. The number of nitrogens with one attached hydrogen (secondary N) is 1. The monoisotopic (exact) mass is 313 g/mol. The van der Waals surface area contributed by atoms with Gasteiger partial charge in [0.1, 0.15) is 5.75 Å². The van der Waals surface area contributed by atoms with E-state index in [0.717, 1.165) is 22.6 Å². The van der Waals surface area contributed by atoms with Crippen molar-refractivity contribution in [2.24, 2.45) is 0 Å². The Bertz CT molecular complexity index is 765. The van der Waals surface area contributed by atoms with E-state index in [-0.39, 0.29) is 12.0 Å². The fraction of sp³-hybridized carbons (Fsp3) is 0.167. The topological polar surface area (TPSA) is 38.3 Å². The number of hydrogen-bond donors (Lipinski definition) is 1.